The van der Waals surface area contributed by atoms with E-state index in [-0.39, 0.29) is 22.4 Å². The maximum atomic E-state index is 2.40. The molecule has 2 rings (SSSR count). The summed E-state index contributed by atoms with van der Waals surface area (Å²) in [6.45, 7) is 14.4. The van der Waals surface area contributed by atoms with Gasteiger partial charge in [0.25, 0.3) is 0 Å². The van der Waals surface area contributed by atoms with Crippen molar-refractivity contribution >= 4 is 13.2 Å². The summed E-state index contributed by atoms with van der Waals surface area (Å²) in [6, 6.07) is 19.8. The van der Waals surface area contributed by atoms with Crippen LogP contribution in [0.2, 0.25) is 0 Å². The fraction of sp³-hybridized carbons (Fsp3) is 0.400. The van der Waals surface area contributed by atoms with Crippen LogP contribution in [0.3, 0.4) is 0 Å². The first kappa shape index (κ1) is 19.7. The van der Waals surface area contributed by atoms with Crippen LogP contribution < -0.4 is 5.30 Å². The molecule has 123 valence electrons. The van der Waals surface area contributed by atoms with Crippen molar-refractivity contribution in [2.45, 2.75) is 51.9 Å². The van der Waals surface area contributed by atoms with Crippen LogP contribution in [0, 0.1) is 0 Å². The quantitative estimate of drug-likeness (QED) is 0.365. The number of hydrogen-bond acceptors (Lipinski definition) is 0. The van der Waals surface area contributed by atoms with Crippen LogP contribution in [-0.2, 0) is 22.4 Å². The molecule has 0 N–H and O–H groups in total. The summed E-state index contributed by atoms with van der Waals surface area (Å²) >= 11 is 0. The molecule has 0 aromatic heterocycles. The van der Waals surface area contributed by atoms with Gasteiger partial charge >= 0.3 is 0 Å². The maximum absolute atomic E-state index is 2.40. The molecular formula is C20H28AuP+. The normalized spacial score (nSPS) is 12.1. The minimum absolute atomic E-state index is 0. The van der Waals surface area contributed by atoms with Gasteiger partial charge in [0.15, 0.2) is 0 Å². The van der Waals surface area contributed by atoms with E-state index >= 15 is 0 Å². The molecule has 1 radical (unpaired) electrons. The van der Waals surface area contributed by atoms with Gasteiger partial charge in [0, 0.05) is 35.9 Å². The van der Waals surface area contributed by atoms with Crippen molar-refractivity contribution in [2.24, 2.45) is 0 Å². The van der Waals surface area contributed by atoms with Gasteiger partial charge in [0.05, 0.1) is 10.3 Å². The second kappa shape index (κ2) is 7.45. The smallest absolute Gasteiger partial charge is 0.0622 e. The van der Waals surface area contributed by atoms with E-state index in [1.165, 1.54) is 11.1 Å². The van der Waals surface area contributed by atoms with Gasteiger partial charge in [0.2, 0.25) is 0 Å². The number of hydrogen-bond donors (Lipinski definition) is 0. The topological polar surface area (TPSA) is 0 Å². The Morgan fingerprint density at radius 2 is 1.09 bits per heavy atom. The predicted octanol–water partition coefficient (Wildman–Crippen LogP) is 5.79. The summed E-state index contributed by atoms with van der Waals surface area (Å²) in [6.07, 6.45) is 0. The number of benzene rings is 2. The fourth-order valence-corrected chi connectivity index (χ4v) is 8.13. The monoisotopic (exact) mass is 496 g/mol. The fourth-order valence-electron chi connectivity index (χ4n) is 3.50. The van der Waals surface area contributed by atoms with Gasteiger partial charge in [-0.15, -0.1) is 0 Å². The molecule has 22 heavy (non-hydrogen) atoms. The van der Waals surface area contributed by atoms with E-state index in [2.05, 4.69) is 96.1 Å². The Kier molecular flexibility index (Phi) is 6.66. The molecule has 0 amide bonds. The van der Waals surface area contributed by atoms with Crippen LogP contribution in [0.4, 0.5) is 0 Å². The van der Waals surface area contributed by atoms with Gasteiger partial charge in [-0.2, -0.15) is 0 Å². The molecule has 0 bridgehead atoms. The van der Waals surface area contributed by atoms with Gasteiger partial charge < -0.3 is 0 Å². The van der Waals surface area contributed by atoms with Gasteiger partial charge in [-0.05, 0) is 53.2 Å². The van der Waals surface area contributed by atoms with Gasteiger partial charge in [-0.25, -0.2) is 0 Å². The summed E-state index contributed by atoms with van der Waals surface area (Å²) in [5.41, 5.74) is 2.75. The predicted molar refractivity (Wildman–Crippen MR) is 99.3 cm³/mol. The summed E-state index contributed by atoms with van der Waals surface area (Å²) in [4.78, 5) is 0. The molecule has 0 saturated carbocycles. The zero-order valence-electron chi connectivity index (χ0n) is 14.5. The minimum atomic E-state index is -0.730. The van der Waals surface area contributed by atoms with Gasteiger partial charge in [0.1, 0.15) is 5.30 Å². The van der Waals surface area contributed by atoms with Crippen LogP contribution in [0.25, 0.3) is 11.1 Å². The van der Waals surface area contributed by atoms with E-state index in [1.54, 1.807) is 5.30 Å². The van der Waals surface area contributed by atoms with Gasteiger partial charge in [-0.3, -0.25) is 0 Å². The molecule has 2 aromatic rings. The SMILES string of the molecule is CC(C)(C)[PH+](c1ccccc1-c1ccccc1)C(C)(C)C.[Au]. The van der Waals surface area contributed by atoms with Crippen molar-refractivity contribution in [3.8, 4) is 11.1 Å². The van der Waals surface area contributed by atoms with E-state index < -0.39 is 7.92 Å². The molecule has 0 unspecified atom stereocenters. The molecule has 0 fully saturated rings. The average Bonchev–Trinajstić information content (AvgIpc) is 2.37. The van der Waals surface area contributed by atoms with Crippen LogP contribution in [0.1, 0.15) is 41.5 Å². The molecule has 0 nitrogen and oxygen atoms in total. The Balaban J connectivity index is 0.00000242. The summed E-state index contributed by atoms with van der Waals surface area (Å²) in [5, 5.41) is 2.22. The van der Waals surface area contributed by atoms with Crippen molar-refractivity contribution in [1.82, 2.24) is 0 Å². The largest absolute Gasteiger partial charge is 0.100 e. The maximum Gasteiger partial charge on any atom is 0.100 e. The first-order chi connectivity index (χ1) is 9.71. The van der Waals surface area contributed by atoms with Crippen molar-refractivity contribution in [2.75, 3.05) is 0 Å². The van der Waals surface area contributed by atoms with Crippen LogP contribution in [0.15, 0.2) is 54.6 Å². The Bertz CT molecular complexity index is 577. The summed E-state index contributed by atoms with van der Waals surface area (Å²) < 4.78 is 0. The van der Waals surface area contributed by atoms with Crippen LogP contribution in [0.5, 0.6) is 0 Å². The third-order valence-electron chi connectivity index (χ3n) is 3.78. The third-order valence-corrected chi connectivity index (χ3v) is 7.76. The first-order valence-corrected chi connectivity index (χ1v) is 9.24. The minimum Gasteiger partial charge on any atom is -0.0622 e. The molecule has 0 aliphatic heterocycles. The Labute approximate surface area is 153 Å². The Morgan fingerprint density at radius 3 is 1.59 bits per heavy atom. The summed E-state index contributed by atoms with van der Waals surface area (Å²) in [7, 11) is -0.730. The Hall–Kier alpha value is -0.390. The molecule has 0 spiro atoms. The zero-order valence-corrected chi connectivity index (χ0v) is 17.7. The van der Waals surface area contributed by atoms with E-state index in [1.807, 2.05) is 0 Å². The van der Waals surface area contributed by atoms with Crippen molar-refractivity contribution < 1.29 is 22.4 Å². The third kappa shape index (κ3) is 4.56. The van der Waals surface area contributed by atoms with Crippen LogP contribution >= 0.6 is 7.92 Å². The average molecular weight is 496 g/mol. The van der Waals surface area contributed by atoms with E-state index in [4.69, 9.17) is 0 Å². The Morgan fingerprint density at radius 1 is 0.636 bits per heavy atom. The number of rotatable bonds is 2. The zero-order chi connectivity index (χ0) is 15.7. The molecule has 0 saturated heterocycles. The first-order valence-electron chi connectivity index (χ1n) is 7.74. The molecule has 0 atom stereocenters. The molecule has 2 aromatic carbocycles. The molecule has 0 heterocycles. The second-order valence-corrected chi connectivity index (χ2v) is 12.1. The van der Waals surface area contributed by atoms with Crippen LogP contribution in [-0.4, -0.2) is 10.3 Å². The summed E-state index contributed by atoms with van der Waals surface area (Å²) in [5.74, 6) is 0. The van der Waals surface area contributed by atoms with Crippen molar-refractivity contribution in [3.63, 3.8) is 0 Å². The molecule has 0 aliphatic rings. The van der Waals surface area contributed by atoms with E-state index in [0.29, 0.717) is 10.3 Å². The van der Waals surface area contributed by atoms with Crippen molar-refractivity contribution in [3.05, 3.63) is 54.6 Å². The van der Waals surface area contributed by atoms with E-state index in [0.717, 1.165) is 0 Å². The van der Waals surface area contributed by atoms with Crippen molar-refractivity contribution in [1.29, 1.82) is 0 Å². The molecular weight excluding hydrogens is 468 g/mol. The second-order valence-electron chi connectivity index (χ2n) is 7.79. The van der Waals surface area contributed by atoms with Gasteiger partial charge in [-0.1, -0.05) is 48.5 Å². The standard InChI is InChI=1S/C20H27P.Au/c1-19(2,3)21(20(4,5)6)18-15-11-10-14-17(18)16-12-8-7-9-13-16;/h7-15H,1-6H3;/p+1. The van der Waals surface area contributed by atoms with E-state index in [9.17, 15) is 0 Å². The molecule has 0 aliphatic carbocycles. The molecule has 2 heteroatoms.